The molecule has 1 unspecified atom stereocenters. The van der Waals surface area contributed by atoms with Gasteiger partial charge in [-0.25, -0.2) is 0 Å². The molecular formula is C15H26F3N. The van der Waals surface area contributed by atoms with Crippen LogP contribution in [0.2, 0.25) is 0 Å². The quantitative estimate of drug-likeness (QED) is 0.524. The van der Waals surface area contributed by atoms with Crippen LogP contribution in [0.4, 0.5) is 13.2 Å². The molecule has 0 saturated heterocycles. The highest BCUT2D eigenvalue weighted by Gasteiger charge is 2.41. The van der Waals surface area contributed by atoms with Crippen LogP contribution in [-0.2, 0) is 0 Å². The number of unbranched alkanes of at least 4 members (excludes halogenated alkanes) is 3. The summed E-state index contributed by atoms with van der Waals surface area (Å²) < 4.78 is 37.7. The van der Waals surface area contributed by atoms with E-state index >= 15 is 0 Å². The van der Waals surface area contributed by atoms with E-state index in [1.54, 1.807) is 0 Å². The molecule has 1 aliphatic carbocycles. The Bertz CT molecular complexity index is 255. The first-order valence-corrected chi connectivity index (χ1v) is 7.38. The zero-order valence-electron chi connectivity index (χ0n) is 11.6. The van der Waals surface area contributed by atoms with Gasteiger partial charge in [0, 0.05) is 6.04 Å². The molecule has 0 radical (unpaired) electrons. The summed E-state index contributed by atoms with van der Waals surface area (Å²) in [6, 6.07) is 0.0814. The second-order valence-corrected chi connectivity index (χ2v) is 5.74. The predicted octanol–water partition coefficient (Wildman–Crippen LogP) is 4.82. The van der Waals surface area contributed by atoms with Crippen molar-refractivity contribution in [2.24, 2.45) is 17.6 Å². The number of hydrogen-bond donors (Lipinski definition) is 1. The molecule has 1 saturated carbocycles. The van der Waals surface area contributed by atoms with E-state index in [4.69, 9.17) is 5.73 Å². The van der Waals surface area contributed by atoms with E-state index in [9.17, 15) is 13.2 Å². The average molecular weight is 277 g/mol. The van der Waals surface area contributed by atoms with Crippen LogP contribution in [0.25, 0.3) is 0 Å². The lowest BCUT2D eigenvalue weighted by atomic mass is 9.77. The van der Waals surface area contributed by atoms with Gasteiger partial charge in [-0.2, -0.15) is 13.2 Å². The molecule has 1 fully saturated rings. The standard InChI is InChI=1S/C15H26F3N/c1-2-3-4-5-6-7-14(19)12-8-10-13(11-9-12)15(16,17)18/h2,12-14H,1,3-11,19H2. The molecule has 0 aromatic heterocycles. The van der Waals surface area contributed by atoms with Gasteiger partial charge in [0.25, 0.3) is 0 Å². The monoisotopic (exact) mass is 277 g/mol. The van der Waals surface area contributed by atoms with Crippen molar-refractivity contribution < 1.29 is 13.2 Å². The van der Waals surface area contributed by atoms with Gasteiger partial charge in [0.1, 0.15) is 0 Å². The third-order valence-electron chi connectivity index (χ3n) is 4.29. The van der Waals surface area contributed by atoms with E-state index in [1.807, 2.05) is 6.08 Å². The highest BCUT2D eigenvalue weighted by atomic mass is 19.4. The molecule has 19 heavy (non-hydrogen) atoms. The van der Waals surface area contributed by atoms with E-state index < -0.39 is 12.1 Å². The molecule has 1 rings (SSSR count). The Morgan fingerprint density at radius 3 is 2.26 bits per heavy atom. The van der Waals surface area contributed by atoms with Crippen LogP contribution in [-0.4, -0.2) is 12.2 Å². The minimum atomic E-state index is -4.01. The molecule has 0 amide bonds. The maximum absolute atomic E-state index is 12.6. The third kappa shape index (κ3) is 5.98. The van der Waals surface area contributed by atoms with Crippen LogP contribution in [0, 0.1) is 11.8 Å². The second kappa shape index (κ2) is 7.93. The molecule has 112 valence electrons. The molecule has 0 aromatic carbocycles. The summed E-state index contributed by atoms with van der Waals surface area (Å²) in [5.41, 5.74) is 6.12. The SMILES string of the molecule is C=CCCCCCC(N)C1CCC(C(F)(F)F)CC1. The van der Waals surface area contributed by atoms with Crippen molar-refractivity contribution in [2.75, 3.05) is 0 Å². The summed E-state index contributed by atoms with van der Waals surface area (Å²) in [5.74, 6) is -0.804. The molecule has 0 aromatic rings. The van der Waals surface area contributed by atoms with Gasteiger partial charge in [0.15, 0.2) is 0 Å². The summed E-state index contributed by atoms with van der Waals surface area (Å²) >= 11 is 0. The van der Waals surface area contributed by atoms with Gasteiger partial charge in [-0.15, -0.1) is 6.58 Å². The van der Waals surface area contributed by atoms with E-state index in [0.29, 0.717) is 12.8 Å². The number of alkyl halides is 3. The molecule has 1 aliphatic rings. The maximum atomic E-state index is 12.6. The summed E-state index contributed by atoms with van der Waals surface area (Å²) in [4.78, 5) is 0. The normalized spacial score (nSPS) is 26.1. The Labute approximate surface area is 114 Å². The summed E-state index contributed by atoms with van der Waals surface area (Å²) in [5, 5.41) is 0. The largest absolute Gasteiger partial charge is 0.391 e. The van der Waals surface area contributed by atoms with Crippen molar-refractivity contribution in [3.63, 3.8) is 0 Å². The minimum absolute atomic E-state index is 0.0814. The second-order valence-electron chi connectivity index (χ2n) is 5.74. The molecule has 0 heterocycles. The fraction of sp³-hybridized carbons (Fsp3) is 0.867. The first kappa shape index (κ1) is 16.5. The van der Waals surface area contributed by atoms with Crippen molar-refractivity contribution >= 4 is 0 Å². The summed E-state index contributed by atoms with van der Waals surface area (Å²) in [6.45, 7) is 3.68. The van der Waals surface area contributed by atoms with Gasteiger partial charge < -0.3 is 5.73 Å². The van der Waals surface area contributed by atoms with Gasteiger partial charge in [-0.1, -0.05) is 18.9 Å². The highest BCUT2D eigenvalue weighted by Crippen LogP contribution is 2.40. The Morgan fingerprint density at radius 1 is 1.11 bits per heavy atom. The first-order valence-electron chi connectivity index (χ1n) is 7.38. The zero-order chi connectivity index (χ0) is 14.3. The van der Waals surface area contributed by atoms with Crippen molar-refractivity contribution in [1.29, 1.82) is 0 Å². The van der Waals surface area contributed by atoms with Gasteiger partial charge >= 0.3 is 6.18 Å². The third-order valence-corrected chi connectivity index (χ3v) is 4.29. The molecule has 2 N–H and O–H groups in total. The van der Waals surface area contributed by atoms with Crippen LogP contribution in [0.1, 0.15) is 57.8 Å². The summed E-state index contributed by atoms with van der Waals surface area (Å²) in [6.07, 6.45) is 5.03. The van der Waals surface area contributed by atoms with Gasteiger partial charge in [0.05, 0.1) is 5.92 Å². The zero-order valence-corrected chi connectivity index (χ0v) is 11.6. The predicted molar refractivity (Wildman–Crippen MR) is 72.8 cm³/mol. The number of hydrogen-bond acceptors (Lipinski definition) is 1. The van der Waals surface area contributed by atoms with Crippen molar-refractivity contribution in [3.8, 4) is 0 Å². The lowest BCUT2D eigenvalue weighted by molar-refractivity contribution is -0.184. The molecule has 4 heteroatoms. The fourth-order valence-corrected chi connectivity index (χ4v) is 2.96. The molecule has 0 spiro atoms. The molecule has 1 nitrogen and oxygen atoms in total. The van der Waals surface area contributed by atoms with Gasteiger partial charge in [0.2, 0.25) is 0 Å². The van der Waals surface area contributed by atoms with Gasteiger partial charge in [-0.05, 0) is 50.9 Å². The Kier molecular flexibility index (Phi) is 6.90. The average Bonchev–Trinajstić information content (AvgIpc) is 2.37. The number of nitrogens with two attached hydrogens (primary N) is 1. The molecule has 1 atom stereocenters. The first-order chi connectivity index (χ1) is 8.95. The Morgan fingerprint density at radius 2 is 1.74 bits per heavy atom. The number of rotatable bonds is 7. The minimum Gasteiger partial charge on any atom is -0.327 e. The van der Waals surface area contributed by atoms with Crippen LogP contribution in [0.15, 0.2) is 12.7 Å². The van der Waals surface area contributed by atoms with Crippen LogP contribution in [0.5, 0.6) is 0 Å². The fourth-order valence-electron chi connectivity index (χ4n) is 2.96. The lowest BCUT2D eigenvalue weighted by Gasteiger charge is -2.33. The Hall–Kier alpha value is -0.510. The maximum Gasteiger partial charge on any atom is 0.391 e. The van der Waals surface area contributed by atoms with Crippen molar-refractivity contribution in [1.82, 2.24) is 0 Å². The van der Waals surface area contributed by atoms with Gasteiger partial charge in [-0.3, -0.25) is 0 Å². The lowest BCUT2D eigenvalue weighted by Crippen LogP contribution is -2.36. The smallest absolute Gasteiger partial charge is 0.327 e. The Balaban J connectivity index is 2.18. The highest BCUT2D eigenvalue weighted by molar-refractivity contribution is 4.82. The van der Waals surface area contributed by atoms with Crippen LogP contribution in [0.3, 0.4) is 0 Å². The van der Waals surface area contributed by atoms with Crippen molar-refractivity contribution in [2.45, 2.75) is 70.0 Å². The van der Waals surface area contributed by atoms with E-state index in [-0.39, 0.29) is 24.8 Å². The molecular weight excluding hydrogens is 251 g/mol. The van der Waals surface area contributed by atoms with Crippen LogP contribution >= 0.6 is 0 Å². The topological polar surface area (TPSA) is 26.0 Å². The molecule has 0 bridgehead atoms. The van der Waals surface area contributed by atoms with E-state index in [0.717, 1.165) is 32.1 Å². The number of allylic oxidation sites excluding steroid dienone is 1. The van der Waals surface area contributed by atoms with E-state index in [2.05, 4.69) is 6.58 Å². The number of halogens is 3. The van der Waals surface area contributed by atoms with Crippen LogP contribution < -0.4 is 5.73 Å². The molecule has 0 aliphatic heterocycles. The van der Waals surface area contributed by atoms with E-state index in [1.165, 1.54) is 0 Å². The van der Waals surface area contributed by atoms with Crippen molar-refractivity contribution in [3.05, 3.63) is 12.7 Å². The summed E-state index contributed by atoms with van der Waals surface area (Å²) in [7, 11) is 0.